The third-order valence-electron chi connectivity index (χ3n) is 7.74. The van der Waals surface area contributed by atoms with E-state index in [-0.39, 0.29) is 36.2 Å². The molecule has 1 heterocycles. The van der Waals surface area contributed by atoms with Gasteiger partial charge in [-0.25, -0.2) is 0 Å². The molecular weight excluding hydrogens is 683 g/mol. The summed E-state index contributed by atoms with van der Waals surface area (Å²) in [5.74, 6) is 0. The molecule has 1 aliphatic heterocycles. The second kappa shape index (κ2) is 16.1. The van der Waals surface area contributed by atoms with Gasteiger partial charge in [-0.15, -0.1) is 0 Å². The first kappa shape index (κ1) is 33.6. The molecule has 0 saturated carbocycles. The van der Waals surface area contributed by atoms with Crippen molar-refractivity contribution in [3.05, 3.63) is 127 Å². The minimum Gasteiger partial charge on any atom is -1.00 e. The molecule has 1 saturated heterocycles. The molecule has 3 atom stereocenters. The Morgan fingerprint density at radius 1 is 0.674 bits per heavy atom. The van der Waals surface area contributed by atoms with Gasteiger partial charge in [-0.3, -0.25) is 0 Å². The van der Waals surface area contributed by atoms with E-state index in [4.69, 9.17) is 14.2 Å². The van der Waals surface area contributed by atoms with Crippen LogP contribution in [0.15, 0.2) is 121 Å². The lowest BCUT2D eigenvalue weighted by Gasteiger charge is -2.37. The quantitative estimate of drug-likeness (QED) is 0.160. The summed E-state index contributed by atoms with van der Waals surface area (Å²) in [6.45, 7) is -0.890. The highest BCUT2D eigenvalue weighted by Crippen LogP contribution is 2.56. The maximum Gasteiger partial charge on any atom is 0.411 e. The van der Waals surface area contributed by atoms with Gasteiger partial charge >= 0.3 is 6.18 Å². The lowest BCUT2D eigenvalue weighted by Crippen LogP contribution is -3.00. The second-order valence-electron chi connectivity index (χ2n) is 10.6. The highest BCUT2D eigenvalue weighted by molar-refractivity contribution is 7.95. The van der Waals surface area contributed by atoms with Crippen molar-refractivity contribution in [2.24, 2.45) is 0 Å². The molecule has 0 unspecified atom stereocenters. The molecule has 4 aromatic carbocycles. The van der Waals surface area contributed by atoms with Crippen molar-refractivity contribution < 1.29 is 51.4 Å². The van der Waals surface area contributed by atoms with Gasteiger partial charge in [0.05, 0.1) is 25.0 Å². The minimum atomic E-state index is -4.40. The van der Waals surface area contributed by atoms with Gasteiger partial charge in [-0.2, -0.15) is 13.2 Å². The zero-order chi connectivity index (χ0) is 29.3. The maximum absolute atomic E-state index is 12.9. The van der Waals surface area contributed by atoms with Gasteiger partial charge < -0.3 is 38.2 Å². The number of ether oxygens (including phenoxy) is 3. The van der Waals surface area contributed by atoms with Crippen molar-refractivity contribution in [1.82, 2.24) is 0 Å². The summed E-state index contributed by atoms with van der Waals surface area (Å²) >= 11 is 0. The summed E-state index contributed by atoms with van der Waals surface area (Å²) in [4.78, 5) is 0. The topological polar surface area (TPSA) is 27.7 Å². The third-order valence-corrected chi connectivity index (χ3v) is 12.3. The molecule has 0 spiro atoms. The average Bonchev–Trinajstić information content (AvgIpc) is 3.03. The Balaban J connectivity index is 0.00000423. The van der Waals surface area contributed by atoms with E-state index >= 15 is 0 Å². The van der Waals surface area contributed by atoms with Crippen LogP contribution in [0.3, 0.4) is 0 Å². The lowest BCUT2D eigenvalue weighted by atomic mass is 10.0. The first-order valence-electron chi connectivity index (χ1n) is 14.5. The zero-order valence-corrected chi connectivity index (χ0v) is 27.0. The van der Waals surface area contributed by atoms with Gasteiger partial charge in [0.15, 0.2) is 6.29 Å². The molecule has 0 aromatic heterocycles. The predicted molar refractivity (Wildman–Crippen MR) is 164 cm³/mol. The SMILES string of the molecule is FC(F)(F)CO[C@@H]1CC[C@H](OCc2ccccc2)[C@@H](CCC[P+](c2ccccc2)(c2ccccc2)c2ccccc2)O1.[I-]. The largest absolute Gasteiger partial charge is 1.00 e. The van der Waals surface area contributed by atoms with E-state index in [9.17, 15) is 13.2 Å². The standard InChI is InChI=1S/C35H37F3O3P.HI/c36-35(37,38)27-40-34-24-23-32(39-26-28-14-5-1-6-15-28)33(41-34)22-13-25-42(29-16-7-2-8-17-29,30-18-9-3-10-19-30)31-20-11-4-12-21-31;/h1-12,14-21,32-34H,13,22-27H2;1H/q+1;/p-1/t32-,33+,34-;/m0./s1. The van der Waals surface area contributed by atoms with Crippen molar-refractivity contribution >= 4 is 23.2 Å². The fraction of sp³-hybridized carbons (Fsp3) is 0.314. The molecule has 0 radical (unpaired) electrons. The van der Waals surface area contributed by atoms with Crippen LogP contribution in [0.1, 0.15) is 31.2 Å². The van der Waals surface area contributed by atoms with E-state index in [1.165, 1.54) is 15.9 Å². The third kappa shape index (κ3) is 9.11. The summed E-state index contributed by atoms with van der Waals surface area (Å²) in [7, 11) is -2.03. The van der Waals surface area contributed by atoms with Gasteiger partial charge in [0.1, 0.15) is 29.8 Å². The summed E-state index contributed by atoms with van der Waals surface area (Å²) in [6, 6.07) is 41.9. The number of hydrogen-bond acceptors (Lipinski definition) is 3. The van der Waals surface area contributed by atoms with Crippen molar-refractivity contribution in [3.8, 4) is 0 Å². The second-order valence-corrected chi connectivity index (χ2v) is 14.2. The van der Waals surface area contributed by atoms with Crippen molar-refractivity contribution in [3.63, 3.8) is 0 Å². The van der Waals surface area contributed by atoms with Crippen LogP contribution in [0.25, 0.3) is 0 Å². The Kier molecular flexibility index (Phi) is 12.6. The Bertz CT molecular complexity index is 1250. The minimum absolute atomic E-state index is 0. The molecule has 0 bridgehead atoms. The summed E-state index contributed by atoms with van der Waals surface area (Å²) in [6.07, 6.45) is -2.59. The van der Waals surface area contributed by atoms with Crippen LogP contribution in [0.2, 0.25) is 0 Å². The van der Waals surface area contributed by atoms with E-state index in [1.54, 1.807) is 0 Å². The number of halogens is 4. The van der Waals surface area contributed by atoms with Gasteiger partial charge in [-0.1, -0.05) is 84.9 Å². The highest BCUT2D eigenvalue weighted by atomic mass is 127. The molecule has 0 N–H and O–H groups in total. The van der Waals surface area contributed by atoms with Crippen LogP contribution in [-0.2, 0) is 20.8 Å². The molecule has 0 aliphatic carbocycles. The van der Waals surface area contributed by atoms with Crippen LogP contribution in [0, 0.1) is 0 Å². The summed E-state index contributed by atoms with van der Waals surface area (Å²) in [5.41, 5.74) is 1.05. The van der Waals surface area contributed by atoms with Crippen molar-refractivity contribution in [2.45, 2.75) is 57.0 Å². The molecule has 4 aromatic rings. The number of rotatable bonds is 12. The van der Waals surface area contributed by atoms with Crippen LogP contribution in [-0.4, -0.2) is 37.4 Å². The fourth-order valence-corrected chi connectivity index (χ4v) is 10.1. The van der Waals surface area contributed by atoms with Crippen LogP contribution in [0.4, 0.5) is 13.2 Å². The normalized spacial score (nSPS) is 19.0. The van der Waals surface area contributed by atoms with Gasteiger partial charge in [0, 0.05) is 6.42 Å². The smallest absolute Gasteiger partial charge is 0.411 e. The monoisotopic (exact) mass is 720 g/mol. The molecular formula is C35H37F3IO3P. The van der Waals surface area contributed by atoms with E-state index in [0.717, 1.165) is 18.1 Å². The van der Waals surface area contributed by atoms with Gasteiger partial charge in [0.2, 0.25) is 0 Å². The van der Waals surface area contributed by atoms with Crippen molar-refractivity contribution in [2.75, 3.05) is 12.8 Å². The average molecular weight is 721 g/mol. The fourth-order valence-electron chi connectivity index (χ4n) is 5.78. The number of hydrogen-bond donors (Lipinski definition) is 0. The first-order valence-corrected chi connectivity index (χ1v) is 16.5. The van der Waals surface area contributed by atoms with Crippen molar-refractivity contribution in [1.29, 1.82) is 0 Å². The molecule has 1 aliphatic rings. The Morgan fingerprint density at radius 3 is 1.65 bits per heavy atom. The Morgan fingerprint density at radius 2 is 1.16 bits per heavy atom. The zero-order valence-electron chi connectivity index (χ0n) is 23.9. The van der Waals surface area contributed by atoms with E-state index < -0.39 is 26.3 Å². The van der Waals surface area contributed by atoms with E-state index in [0.29, 0.717) is 25.9 Å². The van der Waals surface area contributed by atoms with Gasteiger partial charge in [0.25, 0.3) is 0 Å². The molecule has 3 nitrogen and oxygen atoms in total. The summed E-state index contributed by atoms with van der Waals surface area (Å²) in [5, 5.41) is 3.90. The molecule has 0 amide bonds. The van der Waals surface area contributed by atoms with E-state index in [2.05, 4.69) is 72.8 Å². The molecule has 1 fully saturated rings. The molecule has 5 rings (SSSR count). The molecule has 228 valence electrons. The Hall–Kier alpha value is -2.29. The Labute approximate surface area is 270 Å². The summed E-state index contributed by atoms with van der Waals surface area (Å²) < 4.78 is 56.4. The van der Waals surface area contributed by atoms with Crippen LogP contribution < -0.4 is 39.9 Å². The number of alkyl halides is 3. The van der Waals surface area contributed by atoms with Crippen LogP contribution in [0.5, 0.6) is 0 Å². The molecule has 8 heteroatoms. The maximum atomic E-state index is 12.9. The first-order chi connectivity index (χ1) is 20.4. The predicted octanol–water partition coefficient (Wildman–Crippen LogP) is 4.43. The lowest BCUT2D eigenvalue weighted by molar-refractivity contribution is -0.269. The van der Waals surface area contributed by atoms with Gasteiger partial charge in [-0.05, 0) is 61.2 Å². The van der Waals surface area contributed by atoms with E-state index in [1.807, 2.05) is 48.5 Å². The molecule has 43 heavy (non-hydrogen) atoms. The van der Waals surface area contributed by atoms with Crippen LogP contribution >= 0.6 is 7.26 Å². The number of benzene rings is 4. The highest BCUT2D eigenvalue weighted by Gasteiger charge is 2.45.